The van der Waals surface area contributed by atoms with E-state index in [-0.39, 0.29) is 0 Å². The average molecular weight is 347 g/mol. The molecule has 1 rings (SSSR count). The van der Waals surface area contributed by atoms with E-state index in [1.165, 1.54) is 15.6 Å². The van der Waals surface area contributed by atoms with Crippen molar-refractivity contribution in [2.75, 3.05) is 20.3 Å². The van der Waals surface area contributed by atoms with Gasteiger partial charge in [0.25, 0.3) is 0 Å². The largest absolute Gasteiger partial charge is 0.382 e. The first-order chi connectivity index (χ1) is 8.26. The molecule has 1 aromatic rings. The third-order valence-electron chi connectivity index (χ3n) is 2.85. The Bertz CT molecular complexity index is 300. The monoisotopic (exact) mass is 347 g/mol. The molecule has 0 saturated heterocycles. The second kappa shape index (κ2) is 8.89. The molecule has 0 fully saturated rings. The molecule has 0 radical (unpaired) electrons. The Balaban J connectivity index is 2.33. The summed E-state index contributed by atoms with van der Waals surface area (Å²) in [6, 6.07) is 9.32. The molecule has 1 N–H and O–H groups in total. The molecule has 0 aliphatic heterocycles. The van der Waals surface area contributed by atoms with Gasteiger partial charge in [0.1, 0.15) is 0 Å². The zero-order valence-electron chi connectivity index (χ0n) is 10.7. The lowest BCUT2D eigenvalue weighted by Gasteiger charge is -2.16. The number of rotatable bonds is 8. The Hall–Kier alpha value is -0.130. The molecule has 96 valence electrons. The van der Waals surface area contributed by atoms with Gasteiger partial charge in [-0.2, -0.15) is 0 Å². The fourth-order valence-corrected chi connectivity index (χ4v) is 2.19. The highest BCUT2D eigenvalue weighted by atomic mass is 127. The van der Waals surface area contributed by atoms with Gasteiger partial charge >= 0.3 is 0 Å². The van der Waals surface area contributed by atoms with Gasteiger partial charge < -0.3 is 10.1 Å². The van der Waals surface area contributed by atoms with Crippen molar-refractivity contribution < 1.29 is 4.74 Å². The van der Waals surface area contributed by atoms with Crippen LogP contribution in [-0.4, -0.2) is 26.3 Å². The van der Waals surface area contributed by atoms with Crippen molar-refractivity contribution >= 4 is 22.6 Å². The smallest absolute Gasteiger partial charge is 0.0466 e. The van der Waals surface area contributed by atoms with Gasteiger partial charge in [0.05, 0.1) is 0 Å². The molecule has 0 spiro atoms. The standard InChI is InChI=1S/C14H22INO/c1-3-17-10-4-5-14(16-2)11-12-6-8-13(15)9-7-12/h6-9,14,16H,3-5,10-11H2,1-2H3. The summed E-state index contributed by atoms with van der Waals surface area (Å²) in [6.45, 7) is 3.74. The Kier molecular flexibility index (Phi) is 7.81. The van der Waals surface area contributed by atoms with Crippen molar-refractivity contribution in [1.29, 1.82) is 0 Å². The maximum absolute atomic E-state index is 5.37. The van der Waals surface area contributed by atoms with Gasteiger partial charge in [-0.1, -0.05) is 12.1 Å². The predicted octanol–water partition coefficient (Wildman–Crippen LogP) is 3.24. The highest BCUT2D eigenvalue weighted by Crippen LogP contribution is 2.11. The highest BCUT2D eigenvalue weighted by Gasteiger charge is 2.06. The summed E-state index contributed by atoms with van der Waals surface area (Å²) in [6.07, 6.45) is 3.39. The zero-order valence-corrected chi connectivity index (χ0v) is 12.9. The minimum Gasteiger partial charge on any atom is -0.382 e. The summed E-state index contributed by atoms with van der Waals surface area (Å²) in [5.41, 5.74) is 1.40. The van der Waals surface area contributed by atoms with E-state index in [4.69, 9.17) is 4.74 Å². The molecule has 3 heteroatoms. The SMILES string of the molecule is CCOCCCC(Cc1ccc(I)cc1)NC. The molecule has 2 nitrogen and oxygen atoms in total. The quantitative estimate of drug-likeness (QED) is 0.576. The topological polar surface area (TPSA) is 21.3 Å². The Labute approximate surface area is 118 Å². The van der Waals surface area contributed by atoms with Crippen molar-refractivity contribution in [3.8, 4) is 0 Å². The lowest BCUT2D eigenvalue weighted by molar-refractivity contribution is 0.141. The first kappa shape index (κ1) is 14.9. The lowest BCUT2D eigenvalue weighted by atomic mass is 10.0. The second-order valence-electron chi connectivity index (χ2n) is 4.16. The van der Waals surface area contributed by atoms with Crippen LogP contribution in [0.3, 0.4) is 0 Å². The molecule has 1 aromatic carbocycles. The summed E-state index contributed by atoms with van der Waals surface area (Å²) < 4.78 is 6.66. The van der Waals surface area contributed by atoms with Gasteiger partial charge in [0, 0.05) is 22.8 Å². The molecule has 0 heterocycles. The van der Waals surface area contributed by atoms with Crippen LogP contribution >= 0.6 is 22.6 Å². The highest BCUT2D eigenvalue weighted by molar-refractivity contribution is 14.1. The van der Waals surface area contributed by atoms with Crippen molar-refractivity contribution in [3.63, 3.8) is 0 Å². The maximum Gasteiger partial charge on any atom is 0.0466 e. The number of halogens is 1. The van der Waals surface area contributed by atoms with Crippen LogP contribution in [0.2, 0.25) is 0 Å². The summed E-state index contributed by atoms with van der Waals surface area (Å²) in [7, 11) is 2.04. The third kappa shape index (κ3) is 6.38. The van der Waals surface area contributed by atoms with Crippen molar-refractivity contribution in [2.45, 2.75) is 32.2 Å². The predicted molar refractivity (Wildman–Crippen MR) is 81.4 cm³/mol. The van der Waals surface area contributed by atoms with Gasteiger partial charge in [-0.25, -0.2) is 0 Å². The van der Waals surface area contributed by atoms with E-state index in [0.29, 0.717) is 6.04 Å². The van der Waals surface area contributed by atoms with Gasteiger partial charge in [-0.05, 0) is 73.5 Å². The molecular formula is C14H22INO. The van der Waals surface area contributed by atoms with Gasteiger partial charge in [0.15, 0.2) is 0 Å². The number of hydrogen-bond donors (Lipinski definition) is 1. The third-order valence-corrected chi connectivity index (χ3v) is 3.57. The van der Waals surface area contributed by atoms with Crippen LogP contribution in [0.15, 0.2) is 24.3 Å². The number of benzene rings is 1. The second-order valence-corrected chi connectivity index (χ2v) is 5.40. The molecule has 1 unspecified atom stereocenters. The summed E-state index contributed by atoms with van der Waals surface area (Å²) in [5, 5.41) is 3.38. The van der Waals surface area contributed by atoms with Crippen molar-refractivity contribution in [2.24, 2.45) is 0 Å². The van der Waals surface area contributed by atoms with Crippen LogP contribution in [0.5, 0.6) is 0 Å². The molecule has 17 heavy (non-hydrogen) atoms. The lowest BCUT2D eigenvalue weighted by Crippen LogP contribution is -2.27. The number of hydrogen-bond acceptors (Lipinski definition) is 2. The van der Waals surface area contributed by atoms with Crippen LogP contribution in [-0.2, 0) is 11.2 Å². The number of ether oxygens (including phenoxy) is 1. The summed E-state index contributed by atoms with van der Waals surface area (Å²) in [4.78, 5) is 0. The first-order valence-corrected chi connectivity index (χ1v) is 7.33. The Morgan fingerprint density at radius 2 is 2.00 bits per heavy atom. The number of likely N-dealkylation sites (N-methyl/N-ethyl adjacent to an activating group) is 1. The molecular weight excluding hydrogens is 325 g/mol. The molecule has 0 saturated carbocycles. The summed E-state index contributed by atoms with van der Waals surface area (Å²) in [5.74, 6) is 0. The Morgan fingerprint density at radius 3 is 2.59 bits per heavy atom. The zero-order chi connectivity index (χ0) is 12.5. The van der Waals surface area contributed by atoms with E-state index in [0.717, 1.165) is 26.1 Å². The van der Waals surface area contributed by atoms with Crippen LogP contribution in [0.25, 0.3) is 0 Å². The van der Waals surface area contributed by atoms with E-state index >= 15 is 0 Å². The molecule has 0 amide bonds. The minimum atomic E-state index is 0.551. The van der Waals surface area contributed by atoms with Crippen molar-refractivity contribution in [1.82, 2.24) is 5.32 Å². The molecule has 1 atom stereocenters. The molecule has 0 aromatic heterocycles. The van der Waals surface area contributed by atoms with E-state index in [9.17, 15) is 0 Å². The van der Waals surface area contributed by atoms with E-state index in [2.05, 4.69) is 52.2 Å². The summed E-state index contributed by atoms with van der Waals surface area (Å²) >= 11 is 2.34. The van der Waals surface area contributed by atoms with Crippen molar-refractivity contribution in [3.05, 3.63) is 33.4 Å². The molecule has 0 aliphatic carbocycles. The van der Waals surface area contributed by atoms with Crippen LogP contribution in [0.1, 0.15) is 25.3 Å². The van der Waals surface area contributed by atoms with Gasteiger partial charge in [-0.3, -0.25) is 0 Å². The van der Waals surface area contributed by atoms with E-state index < -0.39 is 0 Å². The minimum absolute atomic E-state index is 0.551. The maximum atomic E-state index is 5.37. The Morgan fingerprint density at radius 1 is 1.29 bits per heavy atom. The number of nitrogens with one attached hydrogen (secondary N) is 1. The van der Waals surface area contributed by atoms with Crippen LogP contribution in [0, 0.1) is 3.57 Å². The van der Waals surface area contributed by atoms with E-state index in [1.54, 1.807) is 0 Å². The van der Waals surface area contributed by atoms with E-state index in [1.807, 2.05) is 14.0 Å². The first-order valence-electron chi connectivity index (χ1n) is 6.25. The normalized spacial score (nSPS) is 12.6. The molecule has 0 bridgehead atoms. The molecule has 0 aliphatic rings. The van der Waals surface area contributed by atoms with Gasteiger partial charge in [0.2, 0.25) is 0 Å². The van der Waals surface area contributed by atoms with Gasteiger partial charge in [-0.15, -0.1) is 0 Å². The van der Waals surface area contributed by atoms with Crippen LogP contribution in [0.4, 0.5) is 0 Å². The van der Waals surface area contributed by atoms with Crippen LogP contribution < -0.4 is 5.32 Å². The fraction of sp³-hybridized carbons (Fsp3) is 0.571. The fourth-order valence-electron chi connectivity index (χ4n) is 1.83. The average Bonchev–Trinajstić information content (AvgIpc) is 2.35.